The van der Waals surface area contributed by atoms with E-state index in [2.05, 4.69) is 13.8 Å². The third kappa shape index (κ3) is 5.12. The van der Waals surface area contributed by atoms with Crippen LogP contribution in [-0.2, 0) is 0 Å². The molecule has 0 aliphatic carbocycles. The van der Waals surface area contributed by atoms with E-state index in [4.69, 9.17) is 5.73 Å². The second kappa shape index (κ2) is 7.42. The Bertz CT molecular complexity index is 62.3. The summed E-state index contributed by atoms with van der Waals surface area (Å²) in [5.74, 6) is 3.28. The lowest BCUT2D eigenvalue weighted by Crippen LogP contribution is -2.13. The average Bonchev–Trinajstić information content (AvgIpc) is 1.99. The summed E-state index contributed by atoms with van der Waals surface area (Å²) in [6.45, 7) is 5.28. The Morgan fingerprint density at radius 3 is 2.50 bits per heavy atom. The number of hydrogen-bond donors (Lipinski definition) is 1. The standard InChI is InChI=1S/C8H19NS/c1-3-8(7-9)5-6-10-4-2/h8H,3-7,9H2,1-2H3. The van der Waals surface area contributed by atoms with Gasteiger partial charge in [0.05, 0.1) is 0 Å². The molecule has 0 saturated carbocycles. The largest absolute Gasteiger partial charge is 0.330 e. The Kier molecular flexibility index (Phi) is 7.65. The predicted molar refractivity (Wildman–Crippen MR) is 50.5 cm³/mol. The molecular weight excluding hydrogens is 142 g/mol. The highest BCUT2D eigenvalue weighted by molar-refractivity contribution is 7.99. The van der Waals surface area contributed by atoms with Crippen molar-refractivity contribution in [3.05, 3.63) is 0 Å². The topological polar surface area (TPSA) is 26.0 Å². The SMILES string of the molecule is CCSCCC(CC)CN. The van der Waals surface area contributed by atoms with Gasteiger partial charge in [-0.3, -0.25) is 0 Å². The van der Waals surface area contributed by atoms with Gasteiger partial charge in [0.2, 0.25) is 0 Å². The van der Waals surface area contributed by atoms with Crippen LogP contribution in [0.25, 0.3) is 0 Å². The van der Waals surface area contributed by atoms with Crippen molar-refractivity contribution in [2.45, 2.75) is 26.7 Å². The summed E-state index contributed by atoms with van der Waals surface area (Å²) < 4.78 is 0. The van der Waals surface area contributed by atoms with Crippen LogP contribution in [0.2, 0.25) is 0 Å². The van der Waals surface area contributed by atoms with Crippen LogP contribution >= 0.6 is 11.8 Å². The van der Waals surface area contributed by atoms with Gasteiger partial charge in [-0.05, 0) is 30.4 Å². The minimum atomic E-state index is 0.763. The molecule has 0 heterocycles. The molecule has 0 radical (unpaired) electrons. The Labute approximate surface area is 68.8 Å². The summed E-state index contributed by atoms with van der Waals surface area (Å²) in [5, 5.41) is 0. The molecule has 0 rings (SSSR count). The Morgan fingerprint density at radius 1 is 1.40 bits per heavy atom. The van der Waals surface area contributed by atoms with E-state index in [0.29, 0.717) is 0 Å². The van der Waals surface area contributed by atoms with Crippen LogP contribution in [0.4, 0.5) is 0 Å². The number of rotatable bonds is 6. The molecular formula is C8H19NS. The van der Waals surface area contributed by atoms with Crippen LogP contribution < -0.4 is 5.73 Å². The summed E-state index contributed by atoms with van der Waals surface area (Å²) in [6.07, 6.45) is 2.53. The second-order valence-electron chi connectivity index (χ2n) is 2.50. The lowest BCUT2D eigenvalue weighted by Gasteiger charge is -2.10. The zero-order valence-corrected chi connectivity index (χ0v) is 7.91. The van der Waals surface area contributed by atoms with Gasteiger partial charge >= 0.3 is 0 Å². The van der Waals surface area contributed by atoms with E-state index in [9.17, 15) is 0 Å². The van der Waals surface area contributed by atoms with Crippen LogP contribution in [0, 0.1) is 5.92 Å². The molecule has 0 fully saturated rings. The van der Waals surface area contributed by atoms with Crippen molar-refractivity contribution in [2.75, 3.05) is 18.1 Å². The fraction of sp³-hybridized carbons (Fsp3) is 1.00. The first-order chi connectivity index (χ1) is 4.85. The fourth-order valence-electron chi connectivity index (χ4n) is 0.883. The molecule has 0 aromatic rings. The molecule has 0 aliphatic heterocycles. The highest BCUT2D eigenvalue weighted by Gasteiger charge is 2.01. The summed E-state index contributed by atoms with van der Waals surface area (Å²) in [5.41, 5.74) is 5.56. The molecule has 62 valence electrons. The maximum Gasteiger partial charge on any atom is -0.00487 e. The summed E-state index contributed by atoms with van der Waals surface area (Å²) in [6, 6.07) is 0. The molecule has 1 unspecified atom stereocenters. The molecule has 2 heteroatoms. The van der Waals surface area contributed by atoms with Gasteiger partial charge in [0, 0.05) is 0 Å². The van der Waals surface area contributed by atoms with E-state index in [1.165, 1.54) is 24.3 Å². The van der Waals surface area contributed by atoms with Gasteiger partial charge in [0.25, 0.3) is 0 Å². The molecule has 0 amide bonds. The van der Waals surface area contributed by atoms with Gasteiger partial charge < -0.3 is 5.73 Å². The van der Waals surface area contributed by atoms with Crippen LogP contribution in [0.3, 0.4) is 0 Å². The third-order valence-corrected chi connectivity index (χ3v) is 2.72. The van der Waals surface area contributed by atoms with Crippen molar-refractivity contribution in [1.82, 2.24) is 0 Å². The monoisotopic (exact) mass is 161 g/mol. The van der Waals surface area contributed by atoms with Crippen molar-refractivity contribution in [1.29, 1.82) is 0 Å². The third-order valence-electron chi connectivity index (χ3n) is 1.79. The van der Waals surface area contributed by atoms with Crippen molar-refractivity contribution in [2.24, 2.45) is 11.7 Å². The average molecular weight is 161 g/mol. The highest BCUT2D eigenvalue weighted by atomic mass is 32.2. The zero-order chi connectivity index (χ0) is 7.82. The van der Waals surface area contributed by atoms with Crippen LogP contribution in [0.15, 0.2) is 0 Å². The smallest absolute Gasteiger partial charge is 0.00487 e. The van der Waals surface area contributed by atoms with Gasteiger partial charge in [0.1, 0.15) is 0 Å². The van der Waals surface area contributed by atoms with E-state index in [-0.39, 0.29) is 0 Å². The Hall–Kier alpha value is 0.310. The predicted octanol–water partition coefficient (Wildman–Crippen LogP) is 2.11. The van der Waals surface area contributed by atoms with Gasteiger partial charge in [-0.1, -0.05) is 20.3 Å². The van der Waals surface area contributed by atoms with Crippen molar-refractivity contribution in [3.8, 4) is 0 Å². The fourth-order valence-corrected chi connectivity index (χ4v) is 1.67. The molecule has 2 N–H and O–H groups in total. The van der Waals surface area contributed by atoms with Gasteiger partial charge in [0.15, 0.2) is 0 Å². The van der Waals surface area contributed by atoms with Gasteiger partial charge in [-0.2, -0.15) is 11.8 Å². The Morgan fingerprint density at radius 2 is 2.10 bits per heavy atom. The molecule has 0 saturated heterocycles. The number of thioether (sulfide) groups is 1. The molecule has 0 aromatic heterocycles. The molecule has 0 spiro atoms. The first kappa shape index (κ1) is 10.3. The lowest BCUT2D eigenvalue weighted by atomic mass is 10.0. The Balaban J connectivity index is 3.09. The van der Waals surface area contributed by atoms with E-state index < -0.39 is 0 Å². The minimum Gasteiger partial charge on any atom is -0.330 e. The quantitative estimate of drug-likeness (QED) is 0.604. The summed E-state index contributed by atoms with van der Waals surface area (Å²) in [4.78, 5) is 0. The maximum atomic E-state index is 5.56. The van der Waals surface area contributed by atoms with Crippen LogP contribution in [-0.4, -0.2) is 18.1 Å². The molecule has 0 aliphatic rings. The van der Waals surface area contributed by atoms with E-state index >= 15 is 0 Å². The maximum absolute atomic E-state index is 5.56. The van der Waals surface area contributed by atoms with Crippen molar-refractivity contribution < 1.29 is 0 Å². The molecule has 1 nitrogen and oxygen atoms in total. The number of nitrogens with two attached hydrogens (primary N) is 1. The summed E-state index contributed by atoms with van der Waals surface area (Å²) >= 11 is 2.01. The van der Waals surface area contributed by atoms with E-state index in [1.807, 2.05) is 11.8 Å². The highest BCUT2D eigenvalue weighted by Crippen LogP contribution is 2.10. The van der Waals surface area contributed by atoms with Crippen molar-refractivity contribution in [3.63, 3.8) is 0 Å². The second-order valence-corrected chi connectivity index (χ2v) is 3.89. The molecule has 0 aromatic carbocycles. The molecule has 1 atom stereocenters. The van der Waals surface area contributed by atoms with Gasteiger partial charge in [-0.25, -0.2) is 0 Å². The lowest BCUT2D eigenvalue weighted by molar-refractivity contribution is 0.509. The normalized spacial score (nSPS) is 13.5. The first-order valence-corrected chi connectivity index (χ1v) is 5.28. The molecule has 0 bridgehead atoms. The molecule has 10 heavy (non-hydrogen) atoms. The van der Waals surface area contributed by atoms with E-state index in [0.717, 1.165) is 12.5 Å². The zero-order valence-electron chi connectivity index (χ0n) is 7.10. The summed E-state index contributed by atoms with van der Waals surface area (Å²) in [7, 11) is 0. The van der Waals surface area contributed by atoms with Gasteiger partial charge in [-0.15, -0.1) is 0 Å². The minimum absolute atomic E-state index is 0.763. The van der Waals surface area contributed by atoms with Crippen LogP contribution in [0.5, 0.6) is 0 Å². The number of hydrogen-bond acceptors (Lipinski definition) is 2. The van der Waals surface area contributed by atoms with Crippen molar-refractivity contribution >= 4 is 11.8 Å². The van der Waals surface area contributed by atoms with E-state index in [1.54, 1.807) is 0 Å². The first-order valence-electron chi connectivity index (χ1n) is 4.12. The van der Waals surface area contributed by atoms with Crippen LogP contribution in [0.1, 0.15) is 26.7 Å².